The van der Waals surface area contributed by atoms with Crippen molar-refractivity contribution in [2.45, 2.75) is 26.3 Å². The van der Waals surface area contributed by atoms with Crippen molar-refractivity contribution in [3.63, 3.8) is 0 Å². The third kappa shape index (κ3) is 1.88. The zero-order chi connectivity index (χ0) is 10.8. The van der Waals surface area contributed by atoms with Gasteiger partial charge < -0.3 is 9.84 Å². The van der Waals surface area contributed by atoms with Gasteiger partial charge in [-0.1, -0.05) is 17.3 Å². The summed E-state index contributed by atoms with van der Waals surface area (Å²) in [6, 6.07) is 6.57. The highest BCUT2D eigenvalue weighted by molar-refractivity contribution is 5.83. The largest absolute Gasteiger partial charge is 0.360 e. The zero-order valence-electron chi connectivity index (χ0n) is 9.37. The van der Waals surface area contributed by atoms with Crippen molar-refractivity contribution in [1.82, 2.24) is 10.5 Å². The minimum Gasteiger partial charge on any atom is -0.360 e. The first-order valence-corrected chi connectivity index (χ1v) is 5.23. The van der Waals surface area contributed by atoms with Gasteiger partial charge in [0, 0.05) is 17.8 Å². The van der Waals surface area contributed by atoms with Crippen molar-refractivity contribution in [1.29, 1.82) is 0 Å². The van der Waals surface area contributed by atoms with Gasteiger partial charge >= 0.3 is 0 Å². The summed E-state index contributed by atoms with van der Waals surface area (Å²) in [6.07, 6.45) is 0.871. The molecule has 0 spiro atoms. The van der Waals surface area contributed by atoms with Crippen LogP contribution in [0.1, 0.15) is 18.2 Å². The van der Waals surface area contributed by atoms with E-state index < -0.39 is 0 Å². The molecule has 80 valence electrons. The first-order chi connectivity index (χ1) is 7.22. The van der Waals surface area contributed by atoms with Crippen LogP contribution in [0.4, 0.5) is 0 Å². The Kier molecular flexibility index (Phi) is 2.73. The van der Waals surface area contributed by atoms with Crippen molar-refractivity contribution in [2.75, 3.05) is 7.05 Å². The van der Waals surface area contributed by atoms with Gasteiger partial charge in [0.2, 0.25) is 0 Å². The summed E-state index contributed by atoms with van der Waals surface area (Å²) >= 11 is 0. The highest BCUT2D eigenvalue weighted by atomic mass is 16.5. The summed E-state index contributed by atoms with van der Waals surface area (Å²) in [7, 11) is 1.95. The average molecular weight is 204 g/mol. The van der Waals surface area contributed by atoms with Gasteiger partial charge in [-0.3, -0.25) is 0 Å². The summed E-state index contributed by atoms with van der Waals surface area (Å²) in [4.78, 5) is 0. The van der Waals surface area contributed by atoms with Crippen LogP contribution in [-0.2, 0) is 6.42 Å². The lowest BCUT2D eigenvalue weighted by atomic mass is 10.1. The fourth-order valence-corrected chi connectivity index (χ4v) is 1.68. The molecule has 2 aromatic rings. The molecule has 0 radical (unpaired) electrons. The summed E-state index contributed by atoms with van der Waals surface area (Å²) in [5.74, 6) is 0.968. The lowest BCUT2D eigenvalue weighted by molar-refractivity contribution is 0.377. The van der Waals surface area contributed by atoms with E-state index in [0.29, 0.717) is 6.04 Å². The van der Waals surface area contributed by atoms with Gasteiger partial charge in [-0.2, -0.15) is 0 Å². The van der Waals surface area contributed by atoms with Crippen molar-refractivity contribution < 1.29 is 4.52 Å². The molecule has 1 N–H and O–H groups in total. The normalized spacial score (nSPS) is 13.3. The maximum Gasteiger partial charge on any atom is 0.146 e. The second-order valence-corrected chi connectivity index (χ2v) is 3.97. The van der Waals surface area contributed by atoms with E-state index in [0.717, 1.165) is 23.1 Å². The van der Waals surface area contributed by atoms with Crippen molar-refractivity contribution in [3.8, 4) is 0 Å². The smallest absolute Gasteiger partial charge is 0.146 e. The van der Waals surface area contributed by atoms with Gasteiger partial charge in [-0.15, -0.1) is 0 Å². The summed E-state index contributed by atoms with van der Waals surface area (Å²) in [6.45, 7) is 4.18. The average Bonchev–Trinajstić information content (AvgIpc) is 2.63. The van der Waals surface area contributed by atoms with E-state index >= 15 is 0 Å². The number of rotatable bonds is 3. The number of nitrogens with one attached hydrogen (secondary N) is 1. The standard InChI is InChI=1S/C12H16N2O/c1-8-5-4-6-10-11(7-9(2)13-3)15-14-12(8)10/h4-6,9,13H,7H2,1-3H3. The molecule has 15 heavy (non-hydrogen) atoms. The van der Waals surface area contributed by atoms with Crippen LogP contribution in [0.3, 0.4) is 0 Å². The van der Waals surface area contributed by atoms with E-state index in [4.69, 9.17) is 4.52 Å². The third-order valence-electron chi connectivity index (χ3n) is 2.77. The van der Waals surface area contributed by atoms with E-state index in [-0.39, 0.29) is 0 Å². The summed E-state index contributed by atoms with van der Waals surface area (Å²) < 4.78 is 5.38. The molecule has 0 amide bonds. The molecule has 0 saturated carbocycles. The molecule has 3 nitrogen and oxygen atoms in total. The highest BCUT2D eigenvalue weighted by Gasteiger charge is 2.11. The van der Waals surface area contributed by atoms with E-state index in [2.05, 4.69) is 36.5 Å². The zero-order valence-corrected chi connectivity index (χ0v) is 9.37. The van der Waals surface area contributed by atoms with Gasteiger partial charge in [0.25, 0.3) is 0 Å². The lowest BCUT2D eigenvalue weighted by Gasteiger charge is -2.06. The number of nitrogens with zero attached hydrogens (tertiary/aromatic N) is 1. The molecule has 0 aliphatic rings. The summed E-state index contributed by atoms with van der Waals surface area (Å²) in [5, 5.41) is 8.43. The van der Waals surface area contributed by atoms with Gasteiger partial charge in [0.1, 0.15) is 11.3 Å². The Balaban J connectivity index is 2.41. The van der Waals surface area contributed by atoms with Gasteiger partial charge in [-0.25, -0.2) is 0 Å². The van der Waals surface area contributed by atoms with Gasteiger partial charge in [-0.05, 0) is 32.5 Å². The molecule has 1 aromatic heterocycles. The van der Waals surface area contributed by atoms with Gasteiger partial charge in [0.15, 0.2) is 0 Å². The highest BCUT2D eigenvalue weighted by Crippen LogP contribution is 2.22. The molecule has 2 rings (SSSR count). The molecule has 1 heterocycles. The Morgan fingerprint density at radius 2 is 2.27 bits per heavy atom. The van der Waals surface area contributed by atoms with Crippen molar-refractivity contribution in [2.24, 2.45) is 0 Å². The van der Waals surface area contributed by atoms with Crippen LogP contribution in [-0.4, -0.2) is 18.2 Å². The minimum absolute atomic E-state index is 0.404. The van der Waals surface area contributed by atoms with E-state index in [1.807, 2.05) is 13.1 Å². The molecule has 1 aromatic carbocycles. The molecule has 1 atom stereocenters. The van der Waals surface area contributed by atoms with Gasteiger partial charge in [0.05, 0.1) is 0 Å². The van der Waals surface area contributed by atoms with E-state index in [1.165, 1.54) is 5.56 Å². The molecule has 1 unspecified atom stereocenters. The van der Waals surface area contributed by atoms with Crippen LogP contribution in [0.5, 0.6) is 0 Å². The Bertz CT molecular complexity index is 462. The monoisotopic (exact) mass is 204 g/mol. The molecule has 0 fully saturated rings. The Morgan fingerprint density at radius 3 is 3.00 bits per heavy atom. The van der Waals surface area contributed by atoms with Crippen LogP contribution >= 0.6 is 0 Å². The SMILES string of the molecule is CNC(C)Cc1onc2c(C)cccc12. The molecular weight excluding hydrogens is 188 g/mol. The molecule has 0 aliphatic carbocycles. The Labute approximate surface area is 89.5 Å². The first-order valence-electron chi connectivity index (χ1n) is 5.23. The predicted octanol–water partition coefficient (Wildman–Crippen LogP) is 2.29. The van der Waals surface area contributed by atoms with Crippen molar-refractivity contribution >= 4 is 10.9 Å². The second kappa shape index (κ2) is 4.03. The number of fused-ring (bicyclic) bond motifs is 1. The number of aromatic nitrogens is 1. The maximum atomic E-state index is 5.38. The van der Waals surface area contributed by atoms with Crippen LogP contribution in [0.2, 0.25) is 0 Å². The fraction of sp³-hybridized carbons (Fsp3) is 0.417. The topological polar surface area (TPSA) is 38.1 Å². The second-order valence-electron chi connectivity index (χ2n) is 3.97. The number of hydrogen-bond acceptors (Lipinski definition) is 3. The molecule has 3 heteroatoms. The predicted molar refractivity (Wildman–Crippen MR) is 61.0 cm³/mol. The van der Waals surface area contributed by atoms with Crippen LogP contribution in [0.25, 0.3) is 10.9 Å². The van der Waals surface area contributed by atoms with Crippen LogP contribution < -0.4 is 5.32 Å². The number of aryl methyl sites for hydroxylation is 1. The fourth-order valence-electron chi connectivity index (χ4n) is 1.68. The third-order valence-corrected chi connectivity index (χ3v) is 2.77. The van der Waals surface area contributed by atoms with Crippen molar-refractivity contribution in [3.05, 3.63) is 29.5 Å². The molecular formula is C12H16N2O. The lowest BCUT2D eigenvalue weighted by Crippen LogP contribution is -2.23. The Morgan fingerprint density at radius 1 is 1.47 bits per heavy atom. The molecule has 0 saturated heterocycles. The maximum absolute atomic E-state index is 5.38. The Hall–Kier alpha value is -1.35. The van der Waals surface area contributed by atoms with E-state index in [9.17, 15) is 0 Å². The van der Waals surface area contributed by atoms with Crippen LogP contribution in [0.15, 0.2) is 22.7 Å². The first kappa shape index (κ1) is 10.2. The van der Waals surface area contributed by atoms with E-state index in [1.54, 1.807) is 0 Å². The number of hydrogen-bond donors (Lipinski definition) is 1. The quantitative estimate of drug-likeness (QED) is 0.833. The van der Waals surface area contributed by atoms with Crippen LogP contribution in [0, 0.1) is 6.92 Å². The molecule has 0 bridgehead atoms. The summed E-state index contributed by atoms with van der Waals surface area (Å²) in [5.41, 5.74) is 2.15. The number of benzene rings is 1. The molecule has 0 aliphatic heterocycles. The number of likely N-dealkylation sites (N-methyl/N-ethyl adjacent to an activating group) is 1. The minimum atomic E-state index is 0.404.